The molecule has 3 aromatic rings. The highest BCUT2D eigenvalue weighted by Gasteiger charge is 2.22. The van der Waals surface area contributed by atoms with Gasteiger partial charge in [0.05, 0.1) is 6.54 Å². The van der Waals surface area contributed by atoms with Gasteiger partial charge in [0, 0.05) is 7.05 Å². The van der Waals surface area contributed by atoms with Gasteiger partial charge in [0.2, 0.25) is 5.78 Å². The number of carbonyl (C=O) groups is 2. The van der Waals surface area contributed by atoms with Crippen LogP contribution in [0.5, 0.6) is 0 Å². The molecule has 2 aromatic heterocycles. The van der Waals surface area contributed by atoms with Crippen LogP contribution in [-0.4, -0.2) is 47.7 Å². The maximum absolute atomic E-state index is 12.5. The molecule has 1 aromatic carbocycles. The lowest BCUT2D eigenvalue weighted by Crippen LogP contribution is -2.43. The van der Waals surface area contributed by atoms with E-state index >= 15 is 0 Å². The smallest absolute Gasteiger partial charge is 0.332 e. The first-order chi connectivity index (χ1) is 13.9. The first-order valence-electron chi connectivity index (χ1n) is 8.41. The van der Waals surface area contributed by atoms with Crippen LogP contribution in [0.4, 0.5) is 5.82 Å². The van der Waals surface area contributed by atoms with Crippen LogP contribution in [0, 0.1) is 0 Å². The lowest BCUT2D eigenvalue weighted by atomic mass is 10.2. The lowest BCUT2D eigenvalue weighted by Gasteiger charge is -2.14. The van der Waals surface area contributed by atoms with Crippen LogP contribution in [0.1, 0.15) is 15.9 Å². The second-order valence-corrected chi connectivity index (χ2v) is 6.07. The highest BCUT2D eigenvalue weighted by Crippen LogP contribution is 2.09. The van der Waals surface area contributed by atoms with Gasteiger partial charge < -0.3 is 10.5 Å². The minimum Gasteiger partial charge on any atom is -0.456 e. The third kappa shape index (κ3) is 4.26. The zero-order chi connectivity index (χ0) is 21.0. The molecule has 0 aliphatic carbocycles. The molecule has 3 rings (SSSR count). The predicted octanol–water partition coefficient (Wildman–Crippen LogP) is -1.41. The molecule has 0 saturated carbocycles. The summed E-state index contributed by atoms with van der Waals surface area (Å²) in [6.07, 6.45) is 1.20. The molecule has 2 heterocycles. The molecule has 0 bridgehead atoms. The van der Waals surface area contributed by atoms with E-state index in [0.29, 0.717) is 0 Å². The average Bonchev–Trinajstić information content (AvgIpc) is 3.22. The highest BCUT2D eigenvalue weighted by molar-refractivity contribution is 6.01. The van der Waals surface area contributed by atoms with Crippen molar-refractivity contribution in [1.82, 2.24) is 29.3 Å². The predicted molar refractivity (Wildman–Crippen MR) is 99.0 cm³/mol. The summed E-state index contributed by atoms with van der Waals surface area (Å²) in [5.41, 5.74) is 4.79. The number of tetrazole rings is 1. The molecule has 0 radical (unpaired) electrons. The van der Waals surface area contributed by atoms with Gasteiger partial charge in [-0.15, -0.1) is 5.10 Å². The van der Waals surface area contributed by atoms with Gasteiger partial charge in [-0.2, -0.15) is 0 Å². The van der Waals surface area contributed by atoms with Crippen molar-refractivity contribution in [1.29, 1.82) is 0 Å². The number of Topliss-reactive ketones (excluding diaryl/α,β-unsaturated/α-hetero) is 1. The van der Waals surface area contributed by atoms with E-state index in [1.54, 1.807) is 24.3 Å². The summed E-state index contributed by atoms with van der Waals surface area (Å²) in [4.78, 5) is 49.2. The first-order valence-corrected chi connectivity index (χ1v) is 8.41. The molecule has 0 aliphatic rings. The van der Waals surface area contributed by atoms with Gasteiger partial charge in [-0.05, 0) is 16.0 Å². The van der Waals surface area contributed by atoms with E-state index in [0.717, 1.165) is 19.4 Å². The molecular weight excluding hydrogens is 382 g/mol. The maximum Gasteiger partial charge on any atom is 0.332 e. The average molecular weight is 399 g/mol. The number of aromatic nitrogens is 6. The Bertz CT molecular complexity index is 1150. The Kier molecular flexibility index (Phi) is 5.62. The van der Waals surface area contributed by atoms with Crippen molar-refractivity contribution in [2.45, 2.75) is 13.1 Å². The Labute approximate surface area is 163 Å². The number of carbonyl (C=O) groups excluding carboxylic acids is 2. The van der Waals surface area contributed by atoms with Crippen LogP contribution in [0.2, 0.25) is 0 Å². The summed E-state index contributed by atoms with van der Waals surface area (Å²) in [5, 5.41) is 10.2. The van der Waals surface area contributed by atoms with Gasteiger partial charge in [0.25, 0.3) is 5.56 Å². The Hall–Kier alpha value is -4.09. The van der Waals surface area contributed by atoms with Crippen molar-refractivity contribution in [2.75, 3.05) is 12.3 Å². The summed E-state index contributed by atoms with van der Waals surface area (Å²) in [5.74, 6) is -1.89. The summed E-state index contributed by atoms with van der Waals surface area (Å²) in [7, 11) is 1.24. The summed E-state index contributed by atoms with van der Waals surface area (Å²) in [6.45, 7) is -0.954. The number of hydrogen-bond acceptors (Lipinski definition) is 9. The van der Waals surface area contributed by atoms with Gasteiger partial charge >= 0.3 is 11.7 Å². The van der Waals surface area contributed by atoms with Crippen LogP contribution in [-0.2, 0) is 29.7 Å². The molecule has 150 valence electrons. The Morgan fingerprint density at radius 2 is 1.90 bits per heavy atom. The number of ether oxygens (including phenoxy) is 1. The van der Waals surface area contributed by atoms with Crippen molar-refractivity contribution in [3.8, 4) is 0 Å². The monoisotopic (exact) mass is 399 g/mol. The number of benzene rings is 1. The topological polar surface area (TPSA) is 157 Å². The number of hydrogen-bond donors (Lipinski definition) is 1. The fourth-order valence-electron chi connectivity index (χ4n) is 2.61. The quantitative estimate of drug-likeness (QED) is 0.372. The van der Waals surface area contributed by atoms with Crippen LogP contribution in [0.25, 0.3) is 0 Å². The number of ketones is 1. The van der Waals surface area contributed by atoms with E-state index in [9.17, 15) is 19.2 Å². The minimum absolute atomic E-state index is 0.0684. The number of rotatable bonds is 7. The van der Waals surface area contributed by atoms with Crippen LogP contribution in [0.3, 0.4) is 0 Å². The fourth-order valence-corrected chi connectivity index (χ4v) is 2.61. The molecule has 29 heavy (non-hydrogen) atoms. The van der Waals surface area contributed by atoms with Crippen molar-refractivity contribution in [3.63, 3.8) is 0 Å². The molecule has 0 saturated heterocycles. The van der Waals surface area contributed by atoms with E-state index in [-0.39, 0.29) is 18.9 Å². The number of nitrogen functional groups attached to an aromatic ring is 1. The molecular formula is C17H17N7O5. The number of esters is 1. The van der Waals surface area contributed by atoms with Gasteiger partial charge in [0.1, 0.15) is 24.3 Å². The number of nitrogens with zero attached hydrogens (tertiary/aromatic N) is 6. The first kappa shape index (κ1) is 19.7. The van der Waals surface area contributed by atoms with Crippen LogP contribution < -0.4 is 17.0 Å². The maximum atomic E-state index is 12.5. The van der Waals surface area contributed by atoms with Gasteiger partial charge in [-0.1, -0.05) is 30.3 Å². The SMILES string of the molecule is Cn1c(=O)c(C(=O)COC(=O)Cn2cnnn2)c(N)n(Cc2ccccc2)c1=O. The Morgan fingerprint density at radius 3 is 2.55 bits per heavy atom. The normalized spacial score (nSPS) is 10.7. The van der Waals surface area contributed by atoms with Crippen LogP contribution in [0.15, 0.2) is 46.2 Å². The molecule has 2 N–H and O–H groups in total. The van der Waals surface area contributed by atoms with Gasteiger partial charge in [-0.3, -0.25) is 23.5 Å². The highest BCUT2D eigenvalue weighted by atomic mass is 16.5. The minimum atomic E-state index is -0.863. The van der Waals surface area contributed by atoms with E-state index in [4.69, 9.17) is 10.5 Å². The third-order valence-corrected chi connectivity index (χ3v) is 4.09. The standard InChI is InChI=1S/C17H17N7O5/c1-22-16(27)14(12(25)9-29-13(26)8-23-10-19-20-21-23)15(18)24(17(22)28)7-11-5-3-2-4-6-11/h2-6,10H,7-9,18H2,1H3. The van der Waals surface area contributed by atoms with Crippen LogP contribution >= 0.6 is 0 Å². The van der Waals surface area contributed by atoms with E-state index in [2.05, 4.69) is 15.5 Å². The number of anilines is 1. The van der Waals surface area contributed by atoms with E-state index < -0.39 is 35.2 Å². The van der Waals surface area contributed by atoms with Crippen molar-refractivity contribution in [3.05, 3.63) is 68.6 Å². The van der Waals surface area contributed by atoms with Crippen molar-refractivity contribution < 1.29 is 14.3 Å². The molecule has 0 unspecified atom stereocenters. The van der Waals surface area contributed by atoms with Gasteiger partial charge in [-0.25, -0.2) is 9.48 Å². The number of nitrogens with two attached hydrogens (primary N) is 1. The van der Waals surface area contributed by atoms with Gasteiger partial charge in [0.15, 0.2) is 6.61 Å². The molecule has 0 atom stereocenters. The Morgan fingerprint density at radius 1 is 1.17 bits per heavy atom. The van der Waals surface area contributed by atoms with Crippen molar-refractivity contribution in [2.24, 2.45) is 7.05 Å². The lowest BCUT2D eigenvalue weighted by molar-refractivity contribution is -0.143. The summed E-state index contributed by atoms with van der Waals surface area (Å²) < 4.78 is 7.89. The summed E-state index contributed by atoms with van der Waals surface area (Å²) >= 11 is 0. The zero-order valence-corrected chi connectivity index (χ0v) is 15.4. The molecule has 0 spiro atoms. The third-order valence-electron chi connectivity index (χ3n) is 4.09. The fraction of sp³-hybridized carbons (Fsp3) is 0.235. The molecule has 12 heteroatoms. The molecule has 0 fully saturated rings. The second-order valence-electron chi connectivity index (χ2n) is 6.07. The molecule has 0 amide bonds. The van der Waals surface area contributed by atoms with E-state index in [1.165, 1.54) is 13.4 Å². The zero-order valence-electron chi connectivity index (χ0n) is 15.4. The second kappa shape index (κ2) is 8.29. The largest absolute Gasteiger partial charge is 0.456 e. The Balaban J connectivity index is 1.84. The molecule has 0 aliphatic heterocycles. The summed E-state index contributed by atoms with van der Waals surface area (Å²) in [6, 6.07) is 8.94. The van der Waals surface area contributed by atoms with E-state index in [1.807, 2.05) is 6.07 Å². The molecule has 12 nitrogen and oxygen atoms in total. The van der Waals surface area contributed by atoms with Crippen molar-refractivity contribution >= 4 is 17.6 Å².